The molecule has 6 aromatic rings. The summed E-state index contributed by atoms with van der Waals surface area (Å²) in [5.74, 6) is 8.76. The molecule has 0 spiro atoms. The molecule has 4 nitrogen and oxygen atoms in total. The van der Waals surface area contributed by atoms with Gasteiger partial charge in [0.1, 0.15) is 11.1 Å². The van der Waals surface area contributed by atoms with E-state index < -0.39 is 0 Å². The van der Waals surface area contributed by atoms with Gasteiger partial charge in [0, 0.05) is 44.6 Å². The second-order valence-corrected chi connectivity index (χ2v) is 11.2. The molecule has 0 aliphatic heterocycles. The molecular weight excluding hydrogens is 454 g/mol. The van der Waals surface area contributed by atoms with E-state index in [2.05, 4.69) is 84.3 Å². The Bertz CT molecular complexity index is 2040. The fourth-order valence-corrected chi connectivity index (χ4v) is 7.54. The SMILES string of the molecule is CC1CC=Cc2c1c1ccc3c4ccc5c6ccccc6oc5c4n(N)c3c1n2C1C2C=CC=CCC21. The number of hydrogen-bond acceptors (Lipinski definition) is 2. The van der Waals surface area contributed by atoms with Crippen LogP contribution in [0.1, 0.15) is 43.0 Å². The predicted molar refractivity (Wildman–Crippen MR) is 153 cm³/mol. The van der Waals surface area contributed by atoms with Crippen molar-refractivity contribution in [3.8, 4) is 0 Å². The molecule has 37 heavy (non-hydrogen) atoms. The van der Waals surface area contributed by atoms with Gasteiger partial charge in [-0.2, -0.15) is 0 Å². The molecule has 3 aromatic heterocycles. The third-order valence-corrected chi connectivity index (χ3v) is 9.24. The summed E-state index contributed by atoms with van der Waals surface area (Å²) in [4.78, 5) is 0. The number of nitrogens with zero attached hydrogens (tertiary/aromatic N) is 2. The van der Waals surface area contributed by atoms with Gasteiger partial charge in [0.05, 0.1) is 11.0 Å². The van der Waals surface area contributed by atoms with Crippen molar-refractivity contribution in [1.82, 2.24) is 9.24 Å². The molecule has 3 aliphatic carbocycles. The van der Waals surface area contributed by atoms with E-state index in [0.29, 0.717) is 23.8 Å². The number of hydrogen-bond donors (Lipinski definition) is 1. The lowest BCUT2D eigenvalue weighted by atomic mass is 9.90. The van der Waals surface area contributed by atoms with E-state index in [1.807, 2.05) is 16.8 Å². The largest absolute Gasteiger partial charge is 0.454 e. The number of para-hydroxylation sites is 1. The Morgan fingerprint density at radius 2 is 1.62 bits per heavy atom. The number of fused-ring (bicyclic) bond motifs is 12. The Hall–Kier alpha value is -4.18. The maximum Gasteiger partial charge on any atom is 0.161 e. The van der Waals surface area contributed by atoms with Gasteiger partial charge < -0.3 is 14.8 Å². The van der Waals surface area contributed by atoms with Crippen molar-refractivity contribution in [2.75, 3.05) is 5.84 Å². The molecule has 0 amide bonds. The van der Waals surface area contributed by atoms with Crippen LogP contribution in [0.3, 0.4) is 0 Å². The number of allylic oxidation sites excluding steroid dienone is 5. The molecule has 0 bridgehead atoms. The zero-order chi connectivity index (χ0) is 24.4. The first-order chi connectivity index (χ1) is 18.2. The molecule has 3 aliphatic rings. The van der Waals surface area contributed by atoms with Gasteiger partial charge in [-0.25, -0.2) is 0 Å². The average Bonchev–Trinajstić information content (AvgIpc) is 3.22. The molecule has 1 saturated carbocycles. The van der Waals surface area contributed by atoms with Crippen molar-refractivity contribution in [2.24, 2.45) is 11.8 Å². The number of aromatic nitrogens is 2. The second-order valence-electron chi connectivity index (χ2n) is 11.2. The first-order valence-electron chi connectivity index (χ1n) is 13.4. The van der Waals surface area contributed by atoms with E-state index >= 15 is 0 Å². The molecule has 0 radical (unpaired) electrons. The minimum Gasteiger partial charge on any atom is -0.454 e. The van der Waals surface area contributed by atoms with E-state index in [1.165, 1.54) is 27.5 Å². The summed E-state index contributed by atoms with van der Waals surface area (Å²) >= 11 is 0. The highest BCUT2D eigenvalue weighted by molar-refractivity contribution is 6.24. The Morgan fingerprint density at radius 3 is 2.54 bits per heavy atom. The van der Waals surface area contributed by atoms with Gasteiger partial charge in [0.2, 0.25) is 0 Å². The van der Waals surface area contributed by atoms with E-state index in [1.54, 1.807) is 0 Å². The van der Waals surface area contributed by atoms with Crippen LogP contribution in [0.5, 0.6) is 0 Å². The van der Waals surface area contributed by atoms with Gasteiger partial charge in [0.15, 0.2) is 5.58 Å². The number of furan rings is 1. The van der Waals surface area contributed by atoms with Crippen molar-refractivity contribution in [2.45, 2.75) is 31.7 Å². The lowest BCUT2D eigenvalue weighted by Gasteiger charge is -2.17. The minimum atomic E-state index is 0.456. The average molecular weight is 482 g/mol. The van der Waals surface area contributed by atoms with Crippen LogP contribution in [0, 0.1) is 11.8 Å². The monoisotopic (exact) mass is 481 g/mol. The summed E-state index contributed by atoms with van der Waals surface area (Å²) < 4.78 is 11.0. The van der Waals surface area contributed by atoms with Gasteiger partial charge >= 0.3 is 0 Å². The molecular formula is C33H27N3O. The Labute approximate surface area is 213 Å². The highest BCUT2D eigenvalue weighted by Gasteiger charge is 2.51. The van der Waals surface area contributed by atoms with Gasteiger partial charge in [-0.05, 0) is 48.4 Å². The summed E-state index contributed by atoms with van der Waals surface area (Å²) in [6.07, 6.45) is 16.1. The van der Waals surface area contributed by atoms with Gasteiger partial charge in [0.25, 0.3) is 0 Å². The molecule has 3 heterocycles. The van der Waals surface area contributed by atoms with Gasteiger partial charge in [-0.15, -0.1) is 0 Å². The third-order valence-electron chi connectivity index (χ3n) is 9.24. The molecule has 2 N–H and O–H groups in total. The van der Waals surface area contributed by atoms with Crippen LogP contribution in [0.4, 0.5) is 0 Å². The van der Waals surface area contributed by atoms with E-state index in [0.717, 1.165) is 51.2 Å². The normalized spacial score (nSPS) is 24.5. The molecule has 4 unspecified atom stereocenters. The molecule has 3 aromatic carbocycles. The fourth-order valence-electron chi connectivity index (χ4n) is 7.54. The van der Waals surface area contributed by atoms with Crippen LogP contribution in [-0.2, 0) is 0 Å². The van der Waals surface area contributed by atoms with E-state index in [9.17, 15) is 0 Å². The van der Waals surface area contributed by atoms with Crippen molar-refractivity contribution < 1.29 is 4.42 Å². The summed E-state index contributed by atoms with van der Waals surface area (Å²) in [5.41, 5.74) is 7.96. The molecule has 4 atom stereocenters. The van der Waals surface area contributed by atoms with Crippen LogP contribution in [0.25, 0.3) is 60.7 Å². The lowest BCUT2D eigenvalue weighted by Crippen LogP contribution is -2.09. The molecule has 180 valence electrons. The third kappa shape index (κ3) is 2.39. The topological polar surface area (TPSA) is 49.0 Å². The second kappa shape index (κ2) is 6.77. The molecule has 9 rings (SSSR count). The Morgan fingerprint density at radius 1 is 0.811 bits per heavy atom. The maximum absolute atomic E-state index is 7.08. The van der Waals surface area contributed by atoms with Crippen LogP contribution in [0.2, 0.25) is 0 Å². The quantitative estimate of drug-likeness (QED) is 0.241. The fraction of sp³-hybridized carbons (Fsp3) is 0.212. The van der Waals surface area contributed by atoms with Crippen molar-refractivity contribution in [1.29, 1.82) is 0 Å². The zero-order valence-electron chi connectivity index (χ0n) is 20.7. The number of nitrogen functional groups attached to an aromatic ring is 1. The minimum absolute atomic E-state index is 0.456. The molecule has 1 fully saturated rings. The highest BCUT2D eigenvalue weighted by Crippen LogP contribution is 2.58. The predicted octanol–water partition coefficient (Wildman–Crippen LogP) is 8.19. The summed E-state index contributed by atoms with van der Waals surface area (Å²) in [6, 6.07) is 17.7. The standard InChI is InChI=1S/C33H27N3O/c1-18-8-7-12-26-28(18)25-17-15-22-23-14-16-24-19-9-5-6-13-27(19)37-33(24)32(23)36(34)31(22)30(25)35(26)29-20-10-3-2-4-11-21(20)29/h2-7,9-10,12-18,20-21,29H,8,11,34H2,1H3. The van der Waals surface area contributed by atoms with Gasteiger partial charge in [-0.3, -0.25) is 4.68 Å². The van der Waals surface area contributed by atoms with E-state index in [4.69, 9.17) is 10.3 Å². The summed E-state index contributed by atoms with van der Waals surface area (Å²) in [5, 5.41) is 5.92. The first-order valence-corrected chi connectivity index (χ1v) is 13.4. The Kier molecular flexibility index (Phi) is 3.65. The molecule has 4 heteroatoms. The lowest BCUT2D eigenvalue weighted by molar-refractivity contribution is 0.662. The van der Waals surface area contributed by atoms with Crippen molar-refractivity contribution in [3.63, 3.8) is 0 Å². The summed E-state index contributed by atoms with van der Waals surface area (Å²) in [7, 11) is 0. The van der Waals surface area contributed by atoms with Crippen LogP contribution < -0.4 is 5.84 Å². The number of benzene rings is 3. The highest BCUT2D eigenvalue weighted by atomic mass is 16.3. The van der Waals surface area contributed by atoms with Gasteiger partial charge in [-0.1, -0.05) is 73.7 Å². The van der Waals surface area contributed by atoms with Crippen LogP contribution in [0.15, 0.2) is 83.3 Å². The van der Waals surface area contributed by atoms with E-state index in [-0.39, 0.29) is 0 Å². The maximum atomic E-state index is 7.08. The zero-order valence-corrected chi connectivity index (χ0v) is 20.7. The van der Waals surface area contributed by atoms with Crippen molar-refractivity contribution >= 4 is 60.7 Å². The first kappa shape index (κ1) is 19.9. The van der Waals surface area contributed by atoms with Crippen LogP contribution in [-0.4, -0.2) is 9.24 Å². The Balaban J connectivity index is 1.44. The summed E-state index contributed by atoms with van der Waals surface area (Å²) in [6.45, 7) is 2.36. The molecule has 0 saturated heterocycles. The van der Waals surface area contributed by atoms with Crippen molar-refractivity contribution in [3.05, 3.63) is 90.2 Å². The smallest absolute Gasteiger partial charge is 0.161 e. The number of nitrogens with two attached hydrogens (primary N) is 1. The number of rotatable bonds is 1. The van der Waals surface area contributed by atoms with Crippen LogP contribution >= 0.6 is 0 Å².